The van der Waals surface area contributed by atoms with E-state index in [2.05, 4.69) is 60.1 Å². The van der Waals surface area contributed by atoms with Crippen LogP contribution in [-0.2, 0) is 22.5 Å². The van der Waals surface area contributed by atoms with Gasteiger partial charge in [0.05, 0.1) is 20.1 Å². The van der Waals surface area contributed by atoms with Crippen molar-refractivity contribution < 1.29 is 19.0 Å². The Kier molecular flexibility index (Phi) is 8.75. The van der Waals surface area contributed by atoms with Crippen molar-refractivity contribution >= 4 is 5.97 Å². The molecule has 1 unspecified atom stereocenters. The molecule has 0 bridgehead atoms. The van der Waals surface area contributed by atoms with Gasteiger partial charge in [0.25, 0.3) is 0 Å². The van der Waals surface area contributed by atoms with Gasteiger partial charge in [0, 0.05) is 18.8 Å². The number of pyridine rings is 1. The zero-order chi connectivity index (χ0) is 28.2. The fraction of sp³-hybridized carbons (Fsp3) is 0.471. The Balaban J connectivity index is 1.45. The highest BCUT2D eigenvalue weighted by Gasteiger charge is 2.39. The van der Waals surface area contributed by atoms with E-state index in [1.54, 1.807) is 13.3 Å². The van der Waals surface area contributed by atoms with Crippen molar-refractivity contribution in [2.24, 2.45) is 11.8 Å². The van der Waals surface area contributed by atoms with Gasteiger partial charge in [-0.1, -0.05) is 51.1 Å². The maximum absolute atomic E-state index is 12.4. The van der Waals surface area contributed by atoms with Crippen molar-refractivity contribution in [3.63, 3.8) is 0 Å². The number of fused-ring (bicyclic) bond motifs is 1. The smallest absolute Gasteiger partial charge is 0.309 e. The number of nitrogens with zero attached hydrogens (tertiary/aromatic N) is 2. The van der Waals surface area contributed by atoms with E-state index in [1.807, 2.05) is 19.1 Å². The molecule has 3 atom stereocenters. The van der Waals surface area contributed by atoms with Crippen LogP contribution < -0.4 is 9.47 Å². The van der Waals surface area contributed by atoms with Gasteiger partial charge < -0.3 is 14.2 Å². The molecular weight excluding hydrogens is 500 g/mol. The summed E-state index contributed by atoms with van der Waals surface area (Å²) in [5, 5.41) is 0. The molecule has 1 saturated carbocycles. The Labute approximate surface area is 238 Å². The van der Waals surface area contributed by atoms with Crippen LogP contribution in [0.3, 0.4) is 0 Å². The van der Waals surface area contributed by atoms with Crippen LogP contribution in [-0.4, -0.2) is 43.2 Å². The number of rotatable bonds is 11. The van der Waals surface area contributed by atoms with Crippen LogP contribution in [0.2, 0.25) is 0 Å². The van der Waals surface area contributed by atoms with Gasteiger partial charge >= 0.3 is 5.97 Å². The van der Waals surface area contributed by atoms with Crippen molar-refractivity contribution in [3.8, 4) is 22.8 Å². The summed E-state index contributed by atoms with van der Waals surface area (Å²) in [5.74, 6) is 1.96. The van der Waals surface area contributed by atoms with E-state index in [1.165, 1.54) is 34.9 Å². The van der Waals surface area contributed by atoms with Crippen LogP contribution in [0.25, 0.3) is 11.1 Å². The summed E-state index contributed by atoms with van der Waals surface area (Å²) in [6, 6.07) is 17.4. The van der Waals surface area contributed by atoms with Crippen molar-refractivity contribution in [1.82, 2.24) is 9.88 Å². The first-order chi connectivity index (χ1) is 19.4. The monoisotopic (exact) mass is 542 g/mol. The molecule has 40 heavy (non-hydrogen) atoms. The number of ether oxygens (including phenoxy) is 3. The van der Waals surface area contributed by atoms with Gasteiger partial charge in [-0.3, -0.25) is 9.69 Å². The zero-order valence-electron chi connectivity index (χ0n) is 24.5. The van der Waals surface area contributed by atoms with E-state index < -0.39 is 0 Å². The van der Waals surface area contributed by atoms with Gasteiger partial charge in [-0.15, -0.1) is 0 Å². The number of hydrogen-bond donors (Lipinski definition) is 0. The number of aryl methyl sites for hydroxylation is 1. The van der Waals surface area contributed by atoms with E-state index in [0.717, 1.165) is 56.6 Å². The number of esters is 1. The first-order valence-electron chi connectivity index (χ1n) is 14.7. The lowest BCUT2D eigenvalue weighted by Crippen LogP contribution is -2.23. The summed E-state index contributed by atoms with van der Waals surface area (Å²) < 4.78 is 17.2. The van der Waals surface area contributed by atoms with Crippen molar-refractivity contribution in [2.75, 3.05) is 27.3 Å². The molecule has 0 amide bonds. The van der Waals surface area contributed by atoms with E-state index >= 15 is 0 Å². The second-order valence-corrected chi connectivity index (χ2v) is 11.2. The fourth-order valence-corrected chi connectivity index (χ4v) is 6.19. The van der Waals surface area contributed by atoms with Gasteiger partial charge in [-0.2, -0.15) is 0 Å². The molecule has 1 aromatic heterocycles. The van der Waals surface area contributed by atoms with E-state index in [0.29, 0.717) is 11.8 Å². The quantitative estimate of drug-likeness (QED) is 0.244. The van der Waals surface area contributed by atoms with E-state index in [9.17, 15) is 4.79 Å². The summed E-state index contributed by atoms with van der Waals surface area (Å²) in [6.07, 6.45) is 6.02. The minimum absolute atomic E-state index is 0.0170. The van der Waals surface area contributed by atoms with Crippen LogP contribution in [0.4, 0.5) is 0 Å². The highest BCUT2D eigenvalue weighted by molar-refractivity contribution is 5.73. The second-order valence-electron chi connectivity index (χ2n) is 11.2. The summed E-state index contributed by atoms with van der Waals surface area (Å²) in [5.41, 5.74) is 7.20. The molecular formula is C34H42N2O4. The van der Waals surface area contributed by atoms with Gasteiger partial charge in [-0.05, 0) is 96.1 Å². The van der Waals surface area contributed by atoms with E-state index in [4.69, 9.17) is 14.2 Å². The molecule has 0 N–H and O–H groups in total. The molecule has 1 aliphatic carbocycles. The lowest BCUT2D eigenvalue weighted by atomic mass is 9.82. The molecule has 0 saturated heterocycles. The average Bonchev–Trinajstić information content (AvgIpc) is 3.84. The summed E-state index contributed by atoms with van der Waals surface area (Å²) in [4.78, 5) is 19.2. The Morgan fingerprint density at radius 2 is 1.85 bits per heavy atom. The first kappa shape index (κ1) is 28.2. The third-order valence-electron chi connectivity index (χ3n) is 8.71. The Morgan fingerprint density at radius 1 is 1.05 bits per heavy atom. The molecule has 1 fully saturated rings. The fourth-order valence-electron chi connectivity index (χ4n) is 6.19. The maximum Gasteiger partial charge on any atom is 0.309 e. The minimum atomic E-state index is -0.170. The lowest BCUT2D eigenvalue weighted by molar-refractivity contribution is -0.145. The lowest BCUT2D eigenvalue weighted by Gasteiger charge is -2.30. The van der Waals surface area contributed by atoms with Crippen molar-refractivity contribution in [3.05, 3.63) is 77.0 Å². The molecule has 5 rings (SSSR count). The van der Waals surface area contributed by atoms with Gasteiger partial charge in [0.1, 0.15) is 11.9 Å². The van der Waals surface area contributed by atoms with Crippen LogP contribution in [0.5, 0.6) is 11.6 Å². The van der Waals surface area contributed by atoms with Crippen LogP contribution in [0, 0.1) is 11.8 Å². The molecule has 212 valence electrons. The third-order valence-corrected chi connectivity index (χ3v) is 8.71. The SMILES string of the molecule is CCN(CC)Cc1cc(C2CCc3ccc([C@H](C4CC4)[C@H](C)C(=O)OC)cc3O2)ccc1-c1ccnc(OC)c1. The highest BCUT2D eigenvalue weighted by Crippen LogP contribution is 2.48. The largest absolute Gasteiger partial charge is 0.485 e. The Bertz CT molecular complexity index is 1330. The average molecular weight is 543 g/mol. The Morgan fingerprint density at radius 3 is 2.55 bits per heavy atom. The highest BCUT2D eigenvalue weighted by atomic mass is 16.5. The van der Waals surface area contributed by atoms with Crippen LogP contribution in [0.1, 0.15) is 74.3 Å². The van der Waals surface area contributed by atoms with E-state index in [-0.39, 0.29) is 23.9 Å². The molecule has 6 nitrogen and oxygen atoms in total. The molecule has 2 aliphatic rings. The number of benzene rings is 2. The number of carbonyl (C=O) groups is 1. The van der Waals surface area contributed by atoms with Gasteiger partial charge in [0.2, 0.25) is 5.88 Å². The minimum Gasteiger partial charge on any atom is -0.485 e. The number of carbonyl (C=O) groups excluding carboxylic acids is 1. The summed E-state index contributed by atoms with van der Waals surface area (Å²) in [6.45, 7) is 9.25. The summed E-state index contributed by atoms with van der Waals surface area (Å²) >= 11 is 0. The molecule has 1 aliphatic heterocycles. The maximum atomic E-state index is 12.4. The predicted octanol–water partition coefficient (Wildman–Crippen LogP) is 6.97. The molecule has 0 radical (unpaired) electrons. The van der Waals surface area contributed by atoms with Crippen LogP contribution in [0.15, 0.2) is 54.7 Å². The van der Waals surface area contributed by atoms with Gasteiger partial charge in [-0.25, -0.2) is 4.98 Å². The van der Waals surface area contributed by atoms with Gasteiger partial charge in [0.15, 0.2) is 0 Å². The molecule has 3 aromatic rings. The number of aromatic nitrogens is 1. The number of methoxy groups -OCH3 is 2. The summed E-state index contributed by atoms with van der Waals surface area (Å²) in [7, 11) is 3.13. The molecule has 2 heterocycles. The third kappa shape index (κ3) is 6.02. The molecule has 6 heteroatoms. The first-order valence-corrected chi connectivity index (χ1v) is 14.7. The van der Waals surface area contributed by atoms with Crippen LogP contribution >= 0.6 is 0 Å². The van der Waals surface area contributed by atoms with Crippen molar-refractivity contribution in [1.29, 1.82) is 0 Å². The molecule has 2 aromatic carbocycles. The predicted molar refractivity (Wildman–Crippen MR) is 158 cm³/mol. The second kappa shape index (κ2) is 12.4. The standard InChI is InChI=1S/C34H42N2O4/c1-6-36(7-2)21-28-18-26(12-14-29(28)25-16-17-35-32(20-25)38-4)30-15-13-23-8-11-27(19-31(23)40-30)33(24-9-10-24)22(3)34(37)39-5/h8,11-12,14,16-20,22,24,30,33H,6-7,9-10,13,15,21H2,1-5H3/t22-,30?,33-/m0/s1. The number of hydrogen-bond acceptors (Lipinski definition) is 6. The van der Waals surface area contributed by atoms with Crippen molar-refractivity contribution in [2.45, 2.75) is 65.0 Å². The molecule has 0 spiro atoms. The topological polar surface area (TPSA) is 60.9 Å². The Hall–Kier alpha value is -3.38. The zero-order valence-corrected chi connectivity index (χ0v) is 24.5. The normalized spacial score (nSPS) is 18.0.